The van der Waals surface area contributed by atoms with E-state index in [1.165, 1.54) is 13.8 Å². The first-order valence-electron chi connectivity index (χ1n) is 3.35. The highest BCUT2D eigenvalue weighted by Gasteiger charge is 2.26. The Balaban J connectivity index is 4.06. The van der Waals surface area contributed by atoms with Crippen molar-refractivity contribution in [1.29, 1.82) is 0 Å². The van der Waals surface area contributed by atoms with Gasteiger partial charge in [-0.1, -0.05) is 0 Å². The quantitative estimate of drug-likeness (QED) is 0.616. The predicted octanol–water partition coefficient (Wildman–Crippen LogP) is 0.0137. The second kappa shape index (κ2) is 4.57. The van der Waals surface area contributed by atoms with E-state index in [1.54, 1.807) is 0 Å². The molecule has 0 bridgehead atoms. The summed E-state index contributed by atoms with van der Waals surface area (Å²) in [6.07, 6.45) is 0. The molecule has 1 unspecified atom stereocenters. The summed E-state index contributed by atoms with van der Waals surface area (Å²) in [6, 6.07) is -0.939. The molecule has 2 atom stereocenters. The van der Waals surface area contributed by atoms with Gasteiger partial charge in [0.25, 0.3) is 0 Å². The Labute approximate surface area is 70.3 Å². The maximum Gasteiger partial charge on any atom is 0.529 e. The molecule has 0 aliphatic carbocycles. The van der Waals surface area contributed by atoms with Gasteiger partial charge < -0.3 is 10.3 Å². The molecule has 0 heterocycles. The van der Waals surface area contributed by atoms with Gasteiger partial charge in [-0.2, -0.15) is 0 Å². The Morgan fingerprint density at radius 3 is 2.58 bits per heavy atom. The van der Waals surface area contributed by atoms with Crippen molar-refractivity contribution in [2.45, 2.75) is 19.9 Å². The maximum atomic E-state index is 10.8. The van der Waals surface area contributed by atoms with Crippen LogP contribution in [-0.4, -0.2) is 23.5 Å². The second-order valence-electron chi connectivity index (χ2n) is 2.09. The molecule has 72 valence electrons. The number of carbonyl (C=O) groups excluding carboxylic acids is 1. The number of hydrogen-bond donors (Lipinski definition) is 2. The third-order valence-corrected chi connectivity index (χ3v) is 1.86. The zero-order valence-electron chi connectivity index (χ0n) is 6.89. The van der Waals surface area contributed by atoms with Gasteiger partial charge in [0.05, 0.1) is 6.61 Å². The van der Waals surface area contributed by atoms with Crippen molar-refractivity contribution in [2.24, 2.45) is 5.73 Å². The van der Waals surface area contributed by atoms with Crippen molar-refractivity contribution >= 4 is 13.8 Å². The molecule has 0 aromatic rings. The highest BCUT2D eigenvalue weighted by Crippen LogP contribution is 2.43. The summed E-state index contributed by atoms with van der Waals surface area (Å²) in [6.45, 7) is 2.83. The fourth-order valence-corrected chi connectivity index (χ4v) is 1.16. The van der Waals surface area contributed by atoms with E-state index in [2.05, 4.69) is 9.05 Å². The first kappa shape index (κ1) is 11.6. The number of nitrogens with two attached hydrogens (primary N) is 1. The normalized spacial score (nSPS) is 18.0. The first-order valence-corrected chi connectivity index (χ1v) is 4.85. The summed E-state index contributed by atoms with van der Waals surface area (Å²) in [4.78, 5) is 19.4. The molecule has 0 amide bonds. The monoisotopic (exact) mass is 197 g/mol. The molecule has 0 saturated heterocycles. The van der Waals surface area contributed by atoms with E-state index in [0.717, 1.165) is 0 Å². The fourth-order valence-electron chi connectivity index (χ4n) is 0.386. The maximum absolute atomic E-state index is 10.8. The van der Waals surface area contributed by atoms with Gasteiger partial charge in [-0.15, -0.1) is 0 Å². The van der Waals surface area contributed by atoms with E-state index < -0.39 is 19.8 Å². The van der Waals surface area contributed by atoms with Crippen LogP contribution in [0.1, 0.15) is 13.8 Å². The van der Waals surface area contributed by atoms with E-state index in [1.807, 2.05) is 0 Å². The van der Waals surface area contributed by atoms with Crippen LogP contribution in [0.3, 0.4) is 0 Å². The molecule has 6 nitrogen and oxygen atoms in total. The van der Waals surface area contributed by atoms with Crippen molar-refractivity contribution in [3.63, 3.8) is 0 Å². The Morgan fingerprint density at radius 1 is 1.75 bits per heavy atom. The Kier molecular flexibility index (Phi) is 4.41. The number of phosphoric acid groups is 1. The van der Waals surface area contributed by atoms with Gasteiger partial charge in [-0.05, 0) is 13.8 Å². The van der Waals surface area contributed by atoms with Crippen LogP contribution in [0.4, 0.5) is 0 Å². The van der Waals surface area contributed by atoms with E-state index >= 15 is 0 Å². The van der Waals surface area contributed by atoms with E-state index in [0.29, 0.717) is 0 Å². The number of hydrogen-bond acceptors (Lipinski definition) is 5. The SMILES string of the molecule is CCOP(=O)(O)OC(=O)[C@H](C)N. The summed E-state index contributed by atoms with van der Waals surface area (Å²) in [5.74, 6) is -0.964. The van der Waals surface area contributed by atoms with Crippen molar-refractivity contribution in [3.05, 3.63) is 0 Å². The van der Waals surface area contributed by atoms with Crippen LogP contribution in [0.15, 0.2) is 0 Å². The van der Waals surface area contributed by atoms with Crippen molar-refractivity contribution < 1.29 is 23.3 Å². The van der Waals surface area contributed by atoms with Crippen LogP contribution in [0, 0.1) is 0 Å². The highest BCUT2D eigenvalue weighted by atomic mass is 31.2. The molecule has 7 heteroatoms. The lowest BCUT2D eigenvalue weighted by Crippen LogP contribution is -2.28. The van der Waals surface area contributed by atoms with E-state index in [-0.39, 0.29) is 6.61 Å². The van der Waals surface area contributed by atoms with Gasteiger partial charge in [0.1, 0.15) is 6.04 Å². The van der Waals surface area contributed by atoms with Gasteiger partial charge in [-0.3, -0.25) is 9.42 Å². The van der Waals surface area contributed by atoms with Gasteiger partial charge in [0.2, 0.25) is 0 Å². The summed E-state index contributed by atoms with van der Waals surface area (Å²) in [5, 5.41) is 0. The lowest BCUT2D eigenvalue weighted by molar-refractivity contribution is -0.137. The Hall–Kier alpha value is -0.420. The van der Waals surface area contributed by atoms with Crippen LogP contribution in [-0.2, 0) is 18.4 Å². The standard InChI is InChI=1S/C5H12NO5P/c1-3-10-12(8,9)11-5(7)4(2)6/h4H,3,6H2,1-2H3,(H,8,9)/t4-/m0/s1. The summed E-state index contributed by atoms with van der Waals surface area (Å²) in [5.41, 5.74) is 5.08. The van der Waals surface area contributed by atoms with Crippen molar-refractivity contribution in [3.8, 4) is 0 Å². The molecule has 0 aliphatic rings. The minimum absolute atomic E-state index is 0.0139. The van der Waals surface area contributed by atoms with Crippen LogP contribution in [0.5, 0.6) is 0 Å². The van der Waals surface area contributed by atoms with Gasteiger partial charge in [0.15, 0.2) is 0 Å². The van der Waals surface area contributed by atoms with Crippen molar-refractivity contribution in [1.82, 2.24) is 0 Å². The van der Waals surface area contributed by atoms with Crippen molar-refractivity contribution in [2.75, 3.05) is 6.61 Å². The summed E-state index contributed by atoms with van der Waals surface area (Å²) in [7, 11) is -4.23. The number of carbonyl (C=O) groups is 1. The van der Waals surface area contributed by atoms with E-state index in [9.17, 15) is 9.36 Å². The minimum atomic E-state index is -4.23. The fraction of sp³-hybridized carbons (Fsp3) is 0.800. The summed E-state index contributed by atoms with van der Waals surface area (Å²) < 4.78 is 19.1. The molecule has 12 heavy (non-hydrogen) atoms. The summed E-state index contributed by atoms with van der Waals surface area (Å²) >= 11 is 0. The molecule has 0 radical (unpaired) electrons. The third kappa shape index (κ3) is 4.46. The number of rotatable bonds is 4. The zero-order chi connectivity index (χ0) is 9.78. The van der Waals surface area contributed by atoms with Crippen LogP contribution in [0.25, 0.3) is 0 Å². The molecule has 0 saturated carbocycles. The lowest BCUT2D eigenvalue weighted by Gasteiger charge is -2.11. The van der Waals surface area contributed by atoms with Gasteiger partial charge >= 0.3 is 13.8 Å². The molecular weight excluding hydrogens is 185 g/mol. The molecular formula is C5H12NO5P. The lowest BCUT2D eigenvalue weighted by atomic mass is 10.4. The molecule has 0 aromatic heterocycles. The molecule has 0 aliphatic heterocycles. The molecule has 0 rings (SSSR count). The van der Waals surface area contributed by atoms with Crippen LogP contribution < -0.4 is 5.73 Å². The van der Waals surface area contributed by atoms with Gasteiger partial charge in [0, 0.05) is 0 Å². The smallest absolute Gasteiger partial charge is 0.369 e. The molecule has 0 spiro atoms. The Morgan fingerprint density at radius 2 is 2.25 bits per heavy atom. The number of phosphoric ester groups is 1. The van der Waals surface area contributed by atoms with E-state index in [4.69, 9.17) is 10.6 Å². The van der Waals surface area contributed by atoms with Gasteiger partial charge in [-0.25, -0.2) is 9.36 Å². The second-order valence-corrected chi connectivity index (χ2v) is 3.46. The molecule has 3 N–H and O–H groups in total. The minimum Gasteiger partial charge on any atom is -0.369 e. The zero-order valence-corrected chi connectivity index (χ0v) is 7.78. The molecule has 0 aromatic carbocycles. The van der Waals surface area contributed by atoms with Crippen LogP contribution >= 0.6 is 7.82 Å². The first-order chi connectivity index (χ1) is 5.39. The topological polar surface area (TPSA) is 98.9 Å². The average Bonchev–Trinajstić information content (AvgIpc) is 1.85. The largest absolute Gasteiger partial charge is 0.529 e. The Bertz CT molecular complexity index is 204. The molecule has 0 fully saturated rings. The predicted molar refractivity (Wildman–Crippen MR) is 41.2 cm³/mol. The average molecular weight is 197 g/mol. The van der Waals surface area contributed by atoms with Crippen LogP contribution in [0.2, 0.25) is 0 Å². The highest BCUT2D eigenvalue weighted by molar-refractivity contribution is 7.48. The third-order valence-electron chi connectivity index (χ3n) is 0.869.